The Hall–Kier alpha value is -2.45. The third-order valence-corrected chi connectivity index (χ3v) is 7.57. The molecule has 1 aliphatic heterocycles. The Labute approximate surface area is 225 Å². The minimum absolute atomic E-state index is 0.0926. The van der Waals surface area contributed by atoms with Crippen LogP contribution in [0.25, 0.3) is 0 Å². The van der Waals surface area contributed by atoms with Gasteiger partial charge in [-0.05, 0) is 62.6 Å². The van der Waals surface area contributed by atoms with Gasteiger partial charge in [-0.1, -0.05) is 40.7 Å². The monoisotopic (exact) mass is 530 g/mol. The number of carbonyl (C=O) groups is 2. The maximum absolute atomic E-state index is 14.5. The first-order valence-corrected chi connectivity index (χ1v) is 13.8. The molecule has 1 aromatic heterocycles. The summed E-state index contributed by atoms with van der Waals surface area (Å²) in [4.78, 5) is 34.7. The van der Waals surface area contributed by atoms with Crippen molar-refractivity contribution in [3.05, 3.63) is 45.9 Å². The first kappa shape index (κ1) is 29.1. The molecule has 0 spiro atoms. The summed E-state index contributed by atoms with van der Waals surface area (Å²) in [5.41, 5.74) is -0.761. The number of thiazole rings is 1. The number of benzene rings is 1. The van der Waals surface area contributed by atoms with E-state index in [1.165, 1.54) is 11.3 Å². The quantitative estimate of drug-likeness (QED) is 0.457. The lowest BCUT2D eigenvalue weighted by Gasteiger charge is -2.41. The number of hydrogen-bond acceptors (Lipinski definition) is 7. The van der Waals surface area contributed by atoms with Crippen molar-refractivity contribution in [3.63, 3.8) is 0 Å². The first-order valence-electron chi connectivity index (χ1n) is 12.9. The lowest BCUT2D eigenvalue weighted by Crippen LogP contribution is -2.56. The van der Waals surface area contributed by atoms with E-state index in [9.17, 15) is 14.7 Å². The van der Waals surface area contributed by atoms with E-state index >= 15 is 0 Å². The zero-order valence-corrected chi connectivity index (χ0v) is 24.4. The number of carbonyl (C=O) groups excluding carboxylic acids is 2. The molecule has 0 radical (unpaired) electrons. The molecule has 1 fully saturated rings. The number of esters is 1. The topological polar surface area (TPSA) is 89.0 Å². The Morgan fingerprint density at radius 2 is 1.89 bits per heavy atom. The smallest absolute Gasteiger partial charge is 0.332 e. The molecular weight excluding hydrogens is 488 g/mol. The molecule has 1 aliphatic rings. The summed E-state index contributed by atoms with van der Waals surface area (Å²) in [5, 5.41) is 13.0. The summed E-state index contributed by atoms with van der Waals surface area (Å²) in [6, 6.07) is 4.91. The fraction of sp³-hybridized carbons (Fsp3) is 0.621. The molecule has 0 aliphatic carbocycles. The fourth-order valence-electron chi connectivity index (χ4n) is 5.38. The number of aromatic nitrogens is 1. The molecular formula is C29H42N2O5S. The maximum atomic E-state index is 14.5. The average molecular weight is 531 g/mol. The van der Waals surface area contributed by atoms with Gasteiger partial charge in [-0.15, -0.1) is 11.3 Å². The van der Waals surface area contributed by atoms with E-state index in [0.717, 1.165) is 5.56 Å². The van der Waals surface area contributed by atoms with Gasteiger partial charge < -0.3 is 19.5 Å². The molecule has 1 amide bonds. The maximum Gasteiger partial charge on any atom is 0.332 e. The normalized spacial score (nSPS) is 22.4. The van der Waals surface area contributed by atoms with Crippen molar-refractivity contribution in [1.29, 1.82) is 0 Å². The summed E-state index contributed by atoms with van der Waals surface area (Å²) < 4.78 is 11.6. The van der Waals surface area contributed by atoms with E-state index in [0.29, 0.717) is 29.2 Å². The average Bonchev–Trinajstić information content (AvgIpc) is 3.42. The Morgan fingerprint density at radius 1 is 1.22 bits per heavy atom. The summed E-state index contributed by atoms with van der Waals surface area (Å²) in [5.74, 6) is -0.403. The van der Waals surface area contributed by atoms with Crippen LogP contribution >= 0.6 is 11.3 Å². The lowest BCUT2D eigenvalue weighted by molar-refractivity contribution is -0.168. The highest BCUT2D eigenvalue weighted by Gasteiger charge is 2.60. The third-order valence-electron chi connectivity index (χ3n) is 6.72. The van der Waals surface area contributed by atoms with Crippen LogP contribution in [0.4, 0.5) is 0 Å². The van der Waals surface area contributed by atoms with Crippen molar-refractivity contribution in [2.24, 2.45) is 11.8 Å². The van der Waals surface area contributed by atoms with E-state index in [-0.39, 0.29) is 29.8 Å². The number of ether oxygens (including phenoxy) is 2. The Morgan fingerprint density at radius 3 is 2.38 bits per heavy atom. The summed E-state index contributed by atoms with van der Waals surface area (Å²) in [6.45, 7) is 15.6. The summed E-state index contributed by atoms with van der Waals surface area (Å²) in [7, 11) is 1.60. The SMILES string of the molecule is COc1cc(C(=O)N2[C@@H](c3nccs3)[C@@H](CO)C[C@@]2(CC(C)C)C(=O)OC(C)(C)C)ccc1C(C)(C)C. The van der Waals surface area contributed by atoms with Crippen LogP contribution < -0.4 is 4.74 Å². The number of aliphatic hydroxyl groups is 1. The second-order valence-corrected chi connectivity index (χ2v) is 13.4. The molecule has 1 N–H and O–H groups in total. The van der Waals surface area contributed by atoms with Crippen LogP contribution in [0.15, 0.2) is 29.8 Å². The molecule has 7 nitrogen and oxygen atoms in total. The van der Waals surface area contributed by atoms with Gasteiger partial charge in [0, 0.05) is 29.7 Å². The largest absolute Gasteiger partial charge is 0.496 e. The van der Waals surface area contributed by atoms with Gasteiger partial charge in [0.2, 0.25) is 0 Å². The standard InChI is InChI=1S/C29H42N2O5S/c1-18(2)15-29(26(34)36-28(6,7)8)16-20(17-32)23(24-30-12-13-37-24)31(29)25(33)19-10-11-21(27(3,4)5)22(14-19)35-9/h10-14,18,20,23,32H,15-17H2,1-9H3/t20-,23-,29+/m1/s1. The highest BCUT2D eigenvalue weighted by atomic mass is 32.1. The van der Waals surface area contributed by atoms with E-state index < -0.39 is 23.2 Å². The van der Waals surface area contributed by atoms with Gasteiger partial charge in [0.1, 0.15) is 21.9 Å². The number of rotatable bonds is 7. The minimum atomic E-state index is -1.25. The zero-order chi connectivity index (χ0) is 27.8. The Balaban J connectivity index is 2.24. The third kappa shape index (κ3) is 6.01. The zero-order valence-electron chi connectivity index (χ0n) is 23.6. The van der Waals surface area contributed by atoms with Crippen molar-refractivity contribution >= 4 is 23.2 Å². The molecule has 3 atom stereocenters. The van der Waals surface area contributed by atoms with Crippen molar-refractivity contribution in [2.75, 3.05) is 13.7 Å². The highest BCUT2D eigenvalue weighted by molar-refractivity contribution is 7.09. The molecule has 2 heterocycles. The van der Waals surface area contributed by atoms with Crippen molar-refractivity contribution < 1.29 is 24.2 Å². The first-order chi connectivity index (χ1) is 17.1. The van der Waals surface area contributed by atoms with E-state index in [1.807, 2.05) is 46.1 Å². The molecule has 0 saturated carbocycles. The molecule has 204 valence electrons. The number of nitrogens with zero attached hydrogens (tertiary/aromatic N) is 2. The number of aliphatic hydroxyl groups excluding tert-OH is 1. The highest BCUT2D eigenvalue weighted by Crippen LogP contribution is 2.51. The van der Waals surface area contributed by atoms with Gasteiger partial charge in [0.15, 0.2) is 0 Å². The van der Waals surface area contributed by atoms with Gasteiger partial charge in [-0.3, -0.25) is 4.79 Å². The van der Waals surface area contributed by atoms with Crippen LogP contribution in [0, 0.1) is 11.8 Å². The predicted molar refractivity (Wildman–Crippen MR) is 146 cm³/mol. The number of likely N-dealkylation sites (tertiary alicyclic amines) is 1. The number of hydrogen-bond donors (Lipinski definition) is 1. The van der Waals surface area contributed by atoms with Gasteiger partial charge >= 0.3 is 5.97 Å². The van der Waals surface area contributed by atoms with Crippen LogP contribution in [-0.2, 0) is 14.9 Å². The number of methoxy groups -OCH3 is 1. The van der Waals surface area contributed by atoms with E-state index in [4.69, 9.17) is 9.47 Å². The second kappa shape index (κ2) is 10.7. The van der Waals surface area contributed by atoms with E-state index in [2.05, 4.69) is 25.8 Å². The molecule has 0 bridgehead atoms. The molecule has 8 heteroatoms. The molecule has 3 rings (SSSR count). The summed E-state index contributed by atoms with van der Waals surface area (Å²) >= 11 is 1.42. The molecule has 1 saturated heterocycles. The minimum Gasteiger partial charge on any atom is -0.496 e. The van der Waals surface area contributed by atoms with Crippen LogP contribution in [0.2, 0.25) is 0 Å². The van der Waals surface area contributed by atoms with Crippen molar-refractivity contribution in [2.45, 2.75) is 90.8 Å². The molecule has 1 aromatic carbocycles. The summed E-state index contributed by atoms with van der Waals surface area (Å²) in [6.07, 6.45) is 2.39. The number of amides is 1. The van der Waals surface area contributed by atoms with Gasteiger partial charge in [-0.25, -0.2) is 9.78 Å². The predicted octanol–water partition coefficient (Wildman–Crippen LogP) is 5.77. The van der Waals surface area contributed by atoms with Crippen molar-refractivity contribution in [1.82, 2.24) is 9.88 Å². The van der Waals surface area contributed by atoms with E-state index in [1.54, 1.807) is 30.3 Å². The van der Waals surface area contributed by atoms with Crippen LogP contribution in [0.3, 0.4) is 0 Å². The second-order valence-electron chi connectivity index (χ2n) is 12.4. The molecule has 37 heavy (non-hydrogen) atoms. The lowest BCUT2D eigenvalue weighted by atomic mass is 9.83. The molecule has 0 unspecified atom stereocenters. The van der Waals surface area contributed by atoms with Gasteiger partial charge in [-0.2, -0.15) is 0 Å². The van der Waals surface area contributed by atoms with Crippen LogP contribution in [0.1, 0.15) is 95.2 Å². The fourth-order valence-corrected chi connectivity index (χ4v) is 6.20. The van der Waals surface area contributed by atoms with Crippen LogP contribution in [0.5, 0.6) is 5.75 Å². The molecule has 2 aromatic rings. The Kier molecular flexibility index (Phi) is 8.44. The Bertz CT molecular complexity index is 1100. The van der Waals surface area contributed by atoms with Gasteiger partial charge in [0.05, 0.1) is 13.2 Å². The van der Waals surface area contributed by atoms with Gasteiger partial charge in [0.25, 0.3) is 5.91 Å². The van der Waals surface area contributed by atoms with Crippen molar-refractivity contribution in [3.8, 4) is 5.75 Å². The van der Waals surface area contributed by atoms with Crippen LogP contribution in [-0.4, -0.2) is 51.7 Å².